The molecule has 170 valence electrons. The number of para-hydroxylation sites is 2. The van der Waals surface area contributed by atoms with Crippen LogP contribution in [0.2, 0.25) is 0 Å². The summed E-state index contributed by atoms with van der Waals surface area (Å²) < 4.78 is 20.2. The third kappa shape index (κ3) is 6.79. The number of benzene rings is 2. The minimum atomic E-state index is -0.678. The van der Waals surface area contributed by atoms with Crippen LogP contribution in [0.4, 0.5) is 5.69 Å². The van der Waals surface area contributed by atoms with Crippen LogP contribution in [0.3, 0.4) is 0 Å². The predicted octanol–water partition coefficient (Wildman–Crippen LogP) is 3.65. The van der Waals surface area contributed by atoms with Gasteiger partial charge in [-0.3, -0.25) is 14.4 Å². The van der Waals surface area contributed by atoms with Crippen LogP contribution >= 0.6 is 0 Å². The maximum absolute atomic E-state index is 12.2. The third-order valence-electron chi connectivity index (χ3n) is 4.41. The molecule has 0 aliphatic carbocycles. The molecule has 0 bridgehead atoms. The van der Waals surface area contributed by atoms with Crippen molar-refractivity contribution in [1.82, 2.24) is 0 Å². The summed E-state index contributed by atoms with van der Waals surface area (Å²) in [5, 5.41) is 2.65. The van der Waals surface area contributed by atoms with Gasteiger partial charge in [0.05, 0.1) is 25.5 Å². The van der Waals surface area contributed by atoms with Crippen LogP contribution in [0.15, 0.2) is 71.3 Å². The molecule has 0 aliphatic rings. The van der Waals surface area contributed by atoms with Crippen LogP contribution in [0.5, 0.6) is 11.5 Å². The zero-order chi connectivity index (χ0) is 23.6. The Hall–Kier alpha value is -4.40. The highest BCUT2D eigenvalue weighted by atomic mass is 16.5. The molecule has 9 nitrogen and oxygen atoms in total. The van der Waals surface area contributed by atoms with E-state index in [2.05, 4.69) is 5.32 Å². The first-order valence-corrected chi connectivity index (χ1v) is 9.93. The molecule has 0 saturated heterocycles. The van der Waals surface area contributed by atoms with Gasteiger partial charge in [0.1, 0.15) is 11.5 Å². The molecule has 1 heterocycles. The summed E-state index contributed by atoms with van der Waals surface area (Å²) in [5.41, 5.74) is 0.765. The molecule has 33 heavy (non-hydrogen) atoms. The number of carbonyl (C=O) groups is 4. The van der Waals surface area contributed by atoms with E-state index in [1.54, 1.807) is 30.3 Å². The van der Waals surface area contributed by atoms with Gasteiger partial charge >= 0.3 is 11.9 Å². The molecular formula is C24H21NO8. The van der Waals surface area contributed by atoms with Crippen molar-refractivity contribution in [3.05, 3.63) is 78.3 Å². The zero-order valence-corrected chi connectivity index (χ0v) is 17.7. The maximum Gasteiger partial charge on any atom is 0.379 e. The zero-order valence-electron chi connectivity index (χ0n) is 17.7. The second-order valence-corrected chi connectivity index (χ2v) is 6.72. The van der Waals surface area contributed by atoms with E-state index in [9.17, 15) is 19.2 Å². The first kappa shape index (κ1) is 23.3. The van der Waals surface area contributed by atoms with E-state index in [-0.39, 0.29) is 35.8 Å². The largest absolute Gasteiger partial charge is 0.495 e. The number of methoxy groups -OCH3 is 1. The van der Waals surface area contributed by atoms with Gasteiger partial charge in [-0.25, -0.2) is 4.79 Å². The number of hydrogen-bond acceptors (Lipinski definition) is 8. The van der Waals surface area contributed by atoms with Gasteiger partial charge < -0.3 is 23.9 Å². The van der Waals surface area contributed by atoms with E-state index in [1.807, 2.05) is 0 Å². The number of furan rings is 1. The van der Waals surface area contributed by atoms with E-state index < -0.39 is 24.3 Å². The third-order valence-corrected chi connectivity index (χ3v) is 4.41. The highest BCUT2D eigenvalue weighted by molar-refractivity contribution is 5.98. The van der Waals surface area contributed by atoms with Gasteiger partial charge in [0.15, 0.2) is 12.4 Å². The Kier molecular flexibility index (Phi) is 7.96. The molecule has 0 fully saturated rings. The molecule has 0 unspecified atom stereocenters. The van der Waals surface area contributed by atoms with Crippen LogP contribution < -0.4 is 14.8 Å². The molecule has 1 aromatic heterocycles. The molecule has 2 aromatic carbocycles. The van der Waals surface area contributed by atoms with Crippen LogP contribution in [0, 0.1) is 0 Å². The maximum atomic E-state index is 12.2. The van der Waals surface area contributed by atoms with Gasteiger partial charge in [-0.2, -0.15) is 0 Å². The summed E-state index contributed by atoms with van der Waals surface area (Å²) in [6.45, 7) is -0.474. The van der Waals surface area contributed by atoms with Crippen molar-refractivity contribution in [2.24, 2.45) is 0 Å². The van der Waals surface area contributed by atoms with Crippen molar-refractivity contribution >= 4 is 29.3 Å². The average molecular weight is 451 g/mol. The van der Waals surface area contributed by atoms with Crippen molar-refractivity contribution in [2.45, 2.75) is 12.8 Å². The summed E-state index contributed by atoms with van der Waals surface area (Å²) in [5.74, 6) is -1.39. The quantitative estimate of drug-likeness (QED) is 0.282. The van der Waals surface area contributed by atoms with Crippen molar-refractivity contribution in [3.8, 4) is 11.5 Å². The number of Topliss-reactive ketones (excluding diaryl/α,β-unsaturated/α-hetero) is 1. The highest BCUT2D eigenvalue weighted by Gasteiger charge is 2.15. The van der Waals surface area contributed by atoms with Crippen molar-refractivity contribution in [1.29, 1.82) is 0 Å². The van der Waals surface area contributed by atoms with Crippen molar-refractivity contribution in [2.75, 3.05) is 19.0 Å². The Morgan fingerprint density at radius 3 is 2.36 bits per heavy atom. The predicted molar refractivity (Wildman–Crippen MR) is 116 cm³/mol. The SMILES string of the molecule is COc1ccccc1NC(=O)CCC(=O)OCC(=O)c1ccc(OC(=O)c2ccco2)cc1. The Balaban J connectivity index is 1.41. The van der Waals surface area contributed by atoms with Crippen LogP contribution in [0.25, 0.3) is 0 Å². The van der Waals surface area contributed by atoms with E-state index in [4.69, 9.17) is 18.6 Å². The van der Waals surface area contributed by atoms with Gasteiger partial charge in [-0.05, 0) is 48.5 Å². The second-order valence-electron chi connectivity index (χ2n) is 6.72. The molecule has 0 aliphatic heterocycles. The summed E-state index contributed by atoms with van der Waals surface area (Å²) in [4.78, 5) is 48.0. The summed E-state index contributed by atoms with van der Waals surface area (Å²) in [6.07, 6.45) is 1.06. The fourth-order valence-electron chi connectivity index (χ4n) is 2.74. The fraction of sp³-hybridized carbons (Fsp3) is 0.167. The number of carbonyl (C=O) groups excluding carboxylic acids is 4. The number of anilines is 1. The van der Waals surface area contributed by atoms with Crippen molar-refractivity contribution < 1.29 is 37.8 Å². The summed E-state index contributed by atoms with van der Waals surface area (Å²) in [7, 11) is 1.49. The van der Waals surface area contributed by atoms with Crippen molar-refractivity contribution in [3.63, 3.8) is 0 Å². The number of nitrogens with one attached hydrogen (secondary N) is 1. The Morgan fingerprint density at radius 1 is 0.909 bits per heavy atom. The smallest absolute Gasteiger partial charge is 0.379 e. The molecule has 3 aromatic rings. The molecule has 3 rings (SSSR count). The van der Waals surface area contributed by atoms with Crippen LogP contribution in [-0.4, -0.2) is 37.3 Å². The second kappa shape index (κ2) is 11.3. The number of ether oxygens (including phenoxy) is 3. The fourth-order valence-corrected chi connectivity index (χ4v) is 2.74. The molecule has 9 heteroatoms. The lowest BCUT2D eigenvalue weighted by molar-refractivity contribution is -0.143. The number of amides is 1. The number of hydrogen-bond donors (Lipinski definition) is 1. The van der Waals surface area contributed by atoms with E-state index in [0.29, 0.717) is 11.4 Å². The lowest BCUT2D eigenvalue weighted by Gasteiger charge is -2.09. The Labute approximate surface area is 189 Å². The van der Waals surface area contributed by atoms with E-state index >= 15 is 0 Å². The first-order valence-electron chi connectivity index (χ1n) is 9.93. The monoisotopic (exact) mass is 451 g/mol. The van der Waals surface area contributed by atoms with Gasteiger partial charge in [0, 0.05) is 12.0 Å². The average Bonchev–Trinajstić information content (AvgIpc) is 3.37. The van der Waals surface area contributed by atoms with Gasteiger partial charge in [-0.1, -0.05) is 12.1 Å². The molecule has 0 radical (unpaired) electrons. The van der Waals surface area contributed by atoms with Crippen LogP contribution in [0.1, 0.15) is 33.8 Å². The molecule has 1 N–H and O–H groups in total. The number of ketones is 1. The summed E-state index contributed by atoms with van der Waals surface area (Å²) >= 11 is 0. The minimum Gasteiger partial charge on any atom is -0.495 e. The molecule has 0 atom stereocenters. The molecule has 0 spiro atoms. The van der Waals surface area contributed by atoms with Gasteiger partial charge in [0.25, 0.3) is 0 Å². The van der Waals surface area contributed by atoms with Gasteiger partial charge in [0.2, 0.25) is 11.7 Å². The van der Waals surface area contributed by atoms with Crippen LogP contribution in [-0.2, 0) is 14.3 Å². The normalized spacial score (nSPS) is 10.2. The van der Waals surface area contributed by atoms with E-state index in [0.717, 1.165) is 0 Å². The molecule has 0 saturated carbocycles. The lowest BCUT2D eigenvalue weighted by Crippen LogP contribution is -2.17. The molecular weight excluding hydrogens is 430 g/mol. The standard InChI is InChI=1S/C24H21NO8/c1-30-20-6-3-2-5-18(20)25-22(27)12-13-23(28)32-15-19(26)16-8-10-17(11-9-16)33-24(29)21-7-4-14-31-21/h2-11,14H,12-13,15H2,1H3,(H,25,27). The topological polar surface area (TPSA) is 121 Å². The first-order chi connectivity index (χ1) is 16.0. The minimum absolute atomic E-state index is 0.0543. The van der Waals surface area contributed by atoms with Gasteiger partial charge in [-0.15, -0.1) is 0 Å². The molecule has 1 amide bonds. The summed E-state index contributed by atoms with van der Waals surface area (Å²) in [6, 6.07) is 15.7. The Bertz CT molecular complexity index is 1120. The lowest BCUT2D eigenvalue weighted by atomic mass is 10.1. The van der Waals surface area contributed by atoms with E-state index in [1.165, 1.54) is 43.7 Å². The Morgan fingerprint density at radius 2 is 1.67 bits per heavy atom. The highest BCUT2D eigenvalue weighted by Crippen LogP contribution is 2.23. The number of esters is 2. The number of rotatable bonds is 10.